The molecule has 0 aromatic carbocycles. The molecule has 0 fully saturated rings. The fourth-order valence-corrected chi connectivity index (χ4v) is 1.58. The highest BCUT2D eigenvalue weighted by Crippen LogP contribution is 2.32. The molecule has 0 aromatic heterocycles. The van der Waals surface area contributed by atoms with Crippen LogP contribution in [-0.4, -0.2) is 49.4 Å². The van der Waals surface area contributed by atoms with Crippen LogP contribution in [0.15, 0.2) is 0 Å². The first-order valence-electron chi connectivity index (χ1n) is 3.67. The van der Waals surface area contributed by atoms with Crippen molar-refractivity contribution >= 4 is 11.8 Å². The number of hydrogen-bond acceptors (Lipinski definition) is 2. The number of rotatable bonds is 4. The topological polar surface area (TPSA) is 3.24 Å². The lowest BCUT2D eigenvalue weighted by molar-refractivity contribution is -0.140. The number of alkyl halides is 4. The predicted octanol–water partition coefficient (Wildman–Crippen LogP) is 2.18. The van der Waals surface area contributed by atoms with Crippen molar-refractivity contribution in [2.75, 3.05) is 26.9 Å². The van der Waals surface area contributed by atoms with Gasteiger partial charge in [-0.05, 0) is 20.4 Å². The van der Waals surface area contributed by atoms with Crippen LogP contribution in [0.3, 0.4) is 0 Å². The van der Waals surface area contributed by atoms with E-state index in [1.807, 2.05) is 0 Å². The van der Waals surface area contributed by atoms with E-state index in [0.29, 0.717) is 11.8 Å². The van der Waals surface area contributed by atoms with E-state index in [-0.39, 0.29) is 6.54 Å². The molecular weight excluding hydrogens is 206 g/mol. The molecule has 0 aliphatic heterocycles. The molecule has 0 saturated carbocycles. The summed E-state index contributed by atoms with van der Waals surface area (Å²) < 4.78 is 49.5. The maximum atomic E-state index is 13.0. The van der Waals surface area contributed by atoms with Gasteiger partial charge in [-0.15, -0.1) is 11.8 Å². The molecule has 0 spiro atoms. The van der Waals surface area contributed by atoms with Crippen molar-refractivity contribution in [2.24, 2.45) is 0 Å². The van der Waals surface area contributed by atoms with Gasteiger partial charge in [0.25, 0.3) is 0 Å². The van der Waals surface area contributed by atoms with Gasteiger partial charge >= 0.3 is 6.18 Å². The molecule has 0 rings (SSSR count). The Hall–Kier alpha value is 0.0300. The van der Waals surface area contributed by atoms with Crippen molar-refractivity contribution in [1.82, 2.24) is 4.90 Å². The minimum Gasteiger partial charge on any atom is -0.306 e. The molecule has 0 aliphatic carbocycles. The summed E-state index contributed by atoms with van der Waals surface area (Å²) >= 11 is 0.500. The summed E-state index contributed by atoms with van der Waals surface area (Å²) in [6.07, 6.45) is -5.07. The molecule has 0 radical (unpaired) electrons. The Morgan fingerprint density at radius 2 is 1.77 bits per heavy atom. The van der Waals surface area contributed by atoms with Crippen LogP contribution < -0.4 is 0 Å². The molecule has 0 aliphatic rings. The average Bonchev–Trinajstić information content (AvgIpc) is 1.82. The molecule has 6 heteroatoms. The van der Waals surface area contributed by atoms with E-state index in [1.165, 1.54) is 11.2 Å². The minimum atomic E-state index is -4.46. The van der Waals surface area contributed by atoms with Crippen LogP contribution in [0.25, 0.3) is 0 Å². The van der Waals surface area contributed by atoms with Crippen LogP contribution >= 0.6 is 11.8 Å². The summed E-state index contributed by atoms with van der Waals surface area (Å²) in [6, 6.07) is 0. The molecule has 80 valence electrons. The molecule has 0 heterocycles. The lowest BCUT2D eigenvalue weighted by Crippen LogP contribution is -2.40. The van der Waals surface area contributed by atoms with Gasteiger partial charge in [0.2, 0.25) is 0 Å². The highest BCUT2D eigenvalue weighted by atomic mass is 32.2. The van der Waals surface area contributed by atoms with E-state index in [2.05, 4.69) is 0 Å². The second-order valence-corrected chi connectivity index (χ2v) is 3.96. The van der Waals surface area contributed by atoms with E-state index < -0.39 is 17.6 Å². The number of nitrogens with zero attached hydrogens (tertiary/aromatic N) is 1. The normalized spacial score (nSPS) is 17.5. The first-order valence-corrected chi connectivity index (χ1v) is 4.96. The van der Waals surface area contributed by atoms with Gasteiger partial charge in [0, 0.05) is 6.54 Å². The van der Waals surface area contributed by atoms with Gasteiger partial charge in [-0.1, -0.05) is 0 Å². The van der Waals surface area contributed by atoms with E-state index >= 15 is 0 Å². The molecule has 2 atom stereocenters. The number of thioether (sulfide) groups is 1. The van der Waals surface area contributed by atoms with Gasteiger partial charge < -0.3 is 4.90 Å². The maximum absolute atomic E-state index is 13.0. The summed E-state index contributed by atoms with van der Waals surface area (Å²) in [5.74, 6) is 0. The zero-order valence-corrected chi connectivity index (χ0v) is 8.55. The first-order chi connectivity index (χ1) is 5.79. The highest BCUT2D eigenvalue weighted by Gasteiger charge is 2.44. The minimum absolute atomic E-state index is 0.203. The monoisotopic (exact) mass is 219 g/mol. The molecular formula is C7H13F4NS. The van der Waals surface area contributed by atoms with Crippen molar-refractivity contribution in [2.45, 2.75) is 17.6 Å². The van der Waals surface area contributed by atoms with Crippen LogP contribution in [0.1, 0.15) is 0 Å². The van der Waals surface area contributed by atoms with Crippen molar-refractivity contribution in [3.63, 3.8) is 0 Å². The standard InChI is InChI=1S/C7H13F4NS/c1-12(2)4-5(8)6(13-3)7(9,10)11/h5-6H,4H2,1-3H3. The van der Waals surface area contributed by atoms with Gasteiger partial charge in [-0.25, -0.2) is 4.39 Å². The van der Waals surface area contributed by atoms with Crippen LogP contribution in [0, 0.1) is 0 Å². The second-order valence-electron chi connectivity index (χ2n) is 2.98. The second kappa shape index (κ2) is 5.05. The molecule has 1 nitrogen and oxygen atoms in total. The van der Waals surface area contributed by atoms with Gasteiger partial charge in [-0.3, -0.25) is 0 Å². The number of halogens is 4. The van der Waals surface area contributed by atoms with Crippen molar-refractivity contribution < 1.29 is 17.6 Å². The SMILES string of the molecule is CSC(C(F)CN(C)C)C(F)(F)F. The third kappa shape index (κ3) is 4.71. The zero-order valence-electron chi connectivity index (χ0n) is 7.73. The van der Waals surface area contributed by atoms with E-state index in [4.69, 9.17) is 0 Å². The fraction of sp³-hybridized carbons (Fsp3) is 1.00. The molecule has 0 N–H and O–H groups in total. The third-order valence-electron chi connectivity index (χ3n) is 1.44. The Morgan fingerprint density at radius 3 is 2.00 bits per heavy atom. The zero-order chi connectivity index (χ0) is 10.6. The summed E-state index contributed by atoms with van der Waals surface area (Å²) in [5.41, 5.74) is 0. The largest absolute Gasteiger partial charge is 0.403 e. The van der Waals surface area contributed by atoms with Gasteiger partial charge in [0.05, 0.1) is 0 Å². The highest BCUT2D eigenvalue weighted by molar-refractivity contribution is 7.99. The summed E-state index contributed by atoms with van der Waals surface area (Å²) in [4.78, 5) is 1.40. The Kier molecular flexibility index (Phi) is 5.06. The molecule has 0 amide bonds. The van der Waals surface area contributed by atoms with E-state index in [0.717, 1.165) is 0 Å². The van der Waals surface area contributed by atoms with Gasteiger partial charge in [0.15, 0.2) is 0 Å². The summed E-state index contributed by atoms with van der Waals surface area (Å²) in [7, 11) is 3.08. The van der Waals surface area contributed by atoms with Crippen LogP contribution in [0.2, 0.25) is 0 Å². The van der Waals surface area contributed by atoms with Gasteiger partial charge in [0.1, 0.15) is 11.4 Å². The average molecular weight is 219 g/mol. The van der Waals surface area contributed by atoms with Crippen molar-refractivity contribution in [1.29, 1.82) is 0 Å². The first kappa shape index (κ1) is 13.0. The van der Waals surface area contributed by atoms with Crippen LogP contribution in [0.5, 0.6) is 0 Å². The molecule has 0 aromatic rings. The summed E-state index contributed by atoms with van der Waals surface area (Å²) in [5, 5.41) is -1.92. The molecule has 0 bridgehead atoms. The quantitative estimate of drug-likeness (QED) is 0.667. The lowest BCUT2D eigenvalue weighted by Gasteiger charge is -2.23. The fourth-order valence-electron chi connectivity index (χ4n) is 0.931. The van der Waals surface area contributed by atoms with Crippen molar-refractivity contribution in [3.05, 3.63) is 0 Å². The van der Waals surface area contributed by atoms with Crippen LogP contribution in [0.4, 0.5) is 17.6 Å². The van der Waals surface area contributed by atoms with Gasteiger partial charge in [-0.2, -0.15) is 13.2 Å². The van der Waals surface area contributed by atoms with Crippen molar-refractivity contribution in [3.8, 4) is 0 Å². The lowest BCUT2D eigenvalue weighted by atomic mass is 10.2. The Labute approximate surface area is 79.5 Å². The third-order valence-corrected chi connectivity index (χ3v) is 2.52. The summed E-state index contributed by atoms with van der Waals surface area (Å²) in [6.45, 7) is -0.203. The van der Waals surface area contributed by atoms with Crippen LogP contribution in [-0.2, 0) is 0 Å². The maximum Gasteiger partial charge on any atom is 0.403 e. The Bertz CT molecular complexity index is 148. The van der Waals surface area contributed by atoms with E-state index in [1.54, 1.807) is 14.1 Å². The number of hydrogen-bond donors (Lipinski definition) is 0. The molecule has 0 saturated heterocycles. The predicted molar refractivity (Wildman–Crippen MR) is 46.8 cm³/mol. The Morgan fingerprint density at radius 1 is 1.31 bits per heavy atom. The smallest absolute Gasteiger partial charge is 0.306 e. The molecule has 13 heavy (non-hydrogen) atoms. The molecule has 2 unspecified atom stereocenters. The Balaban J connectivity index is 4.24. The van der Waals surface area contributed by atoms with E-state index in [9.17, 15) is 17.6 Å².